The molecule has 2 heteroatoms. The van der Waals surface area contributed by atoms with Gasteiger partial charge in [0.2, 0.25) is 0 Å². The molecule has 1 atom stereocenters. The van der Waals surface area contributed by atoms with E-state index in [0.717, 1.165) is 19.3 Å². The molecular formula is C19H33NO. The quantitative estimate of drug-likeness (QED) is 0.538. The van der Waals surface area contributed by atoms with Crippen molar-refractivity contribution in [2.24, 2.45) is 5.41 Å². The summed E-state index contributed by atoms with van der Waals surface area (Å²) in [7, 11) is 0. The van der Waals surface area contributed by atoms with Crippen molar-refractivity contribution >= 4 is 0 Å². The number of aromatic nitrogens is 1. The van der Waals surface area contributed by atoms with Crippen LogP contribution in [0.3, 0.4) is 0 Å². The second kappa shape index (κ2) is 7.49. The highest BCUT2D eigenvalue weighted by atomic mass is 16.3. The monoisotopic (exact) mass is 291 g/mol. The lowest BCUT2D eigenvalue weighted by Gasteiger charge is -2.37. The first-order valence-corrected chi connectivity index (χ1v) is 9.00. The van der Waals surface area contributed by atoms with E-state index in [2.05, 4.69) is 24.9 Å². The highest BCUT2D eigenvalue weighted by Gasteiger charge is 2.57. The molecule has 1 fully saturated rings. The highest BCUT2D eigenvalue weighted by Crippen LogP contribution is 2.60. The van der Waals surface area contributed by atoms with Crippen LogP contribution in [0.2, 0.25) is 0 Å². The van der Waals surface area contributed by atoms with Gasteiger partial charge in [-0.05, 0) is 43.2 Å². The van der Waals surface area contributed by atoms with Crippen molar-refractivity contribution < 1.29 is 5.11 Å². The second-order valence-electron chi connectivity index (χ2n) is 7.10. The molecule has 2 nitrogen and oxygen atoms in total. The summed E-state index contributed by atoms with van der Waals surface area (Å²) in [6.45, 7) is 4.49. The molecular weight excluding hydrogens is 258 g/mol. The first kappa shape index (κ1) is 16.6. The fraction of sp³-hybridized carbons (Fsp3) is 0.789. The third-order valence-electron chi connectivity index (χ3n) is 5.44. The molecule has 0 saturated heterocycles. The molecule has 0 amide bonds. The van der Waals surface area contributed by atoms with Crippen LogP contribution in [-0.2, 0) is 6.42 Å². The number of aromatic amines is 1. The molecule has 1 saturated carbocycles. The van der Waals surface area contributed by atoms with Crippen molar-refractivity contribution in [2.75, 3.05) is 0 Å². The van der Waals surface area contributed by atoms with Gasteiger partial charge in [0.1, 0.15) is 0 Å². The molecule has 1 unspecified atom stereocenters. The van der Waals surface area contributed by atoms with Crippen molar-refractivity contribution in [1.29, 1.82) is 0 Å². The molecule has 1 aromatic rings. The molecule has 0 spiro atoms. The third kappa shape index (κ3) is 4.12. The Hall–Kier alpha value is -0.760. The van der Waals surface area contributed by atoms with Crippen LogP contribution in [-0.4, -0.2) is 15.7 Å². The molecule has 2 N–H and O–H groups in total. The fourth-order valence-electron chi connectivity index (χ4n) is 3.81. The molecule has 1 aliphatic rings. The van der Waals surface area contributed by atoms with Gasteiger partial charge in [0.25, 0.3) is 0 Å². The average Bonchev–Trinajstić information content (AvgIpc) is 3.10. The maximum absolute atomic E-state index is 11.5. The summed E-state index contributed by atoms with van der Waals surface area (Å²) in [5, 5.41) is 11.5. The molecule has 120 valence electrons. The van der Waals surface area contributed by atoms with Gasteiger partial charge in [-0.3, -0.25) is 0 Å². The van der Waals surface area contributed by atoms with Crippen molar-refractivity contribution in [3.8, 4) is 0 Å². The number of unbranched alkanes of at least 4 members (excludes halogenated alkanes) is 4. The van der Waals surface area contributed by atoms with E-state index in [1.165, 1.54) is 57.1 Å². The lowest BCUT2D eigenvalue weighted by atomic mass is 9.74. The molecule has 1 aromatic heterocycles. The Balaban J connectivity index is 2.03. The number of aliphatic hydroxyl groups is 1. The molecule has 0 bridgehead atoms. The van der Waals surface area contributed by atoms with Gasteiger partial charge in [0, 0.05) is 18.3 Å². The predicted octanol–water partition coefficient (Wildman–Crippen LogP) is 5.23. The summed E-state index contributed by atoms with van der Waals surface area (Å²) in [6.07, 6.45) is 14.8. The van der Waals surface area contributed by atoms with Crippen molar-refractivity contribution in [3.63, 3.8) is 0 Å². The van der Waals surface area contributed by atoms with Gasteiger partial charge in [-0.1, -0.05) is 52.4 Å². The van der Waals surface area contributed by atoms with E-state index in [0.29, 0.717) is 0 Å². The van der Waals surface area contributed by atoms with Crippen molar-refractivity contribution in [3.05, 3.63) is 24.0 Å². The van der Waals surface area contributed by atoms with Crippen LogP contribution in [0.15, 0.2) is 18.3 Å². The van der Waals surface area contributed by atoms with E-state index in [1.54, 1.807) is 0 Å². The largest absolute Gasteiger partial charge is 0.389 e. The molecule has 1 heterocycles. The Morgan fingerprint density at radius 3 is 2.43 bits per heavy atom. The number of H-pyrrole nitrogens is 1. The maximum atomic E-state index is 11.5. The summed E-state index contributed by atoms with van der Waals surface area (Å²) < 4.78 is 0. The smallest absolute Gasteiger partial charge is 0.0758 e. The van der Waals surface area contributed by atoms with E-state index in [4.69, 9.17) is 0 Å². The summed E-state index contributed by atoms with van der Waals surface area (Å²) in [6, 6.07) is 4.16. The van der Waals surface area contributed by atoms with Gasteiger partial charge in [-0.2, -0.15) is 0 Å². The summed E-state index contributed by atoms with van der Waals surface area (Å²) in [5.41, 5.74) is 0.901. The number of hydrogen-bond donors (Lipinski definition) is 2. The number of rotatable bonds is 11. The minimum absolute atomic E-state index is 0.209. The first-order valence-electron chi connectivity index (χ1n) is 9.00. The molecule has 21 heavy (non-hydrogen) atoms. The van der Waals surface area contributed by atoms with Crippen LogP contribution >= 0.6 is 0 Å². The molecule has 2 rings (SSSR count). The van der Waals surface area contributed by atoms with Gasteiger partial charge in [-0.15, -0.1) is 0 Å². The lowest BCUT2D eigenvalue weighted by Crippen LogP contribution is -2.42. The summed E-state index contributed by atoms with van der Waals surface area (Å²) >= 11 is 0. The molecule has 0 aliphatic heterocycles. The SMILES string of the molecule is CCCCCC(O)(Cc1ccc[nH]1)C1(CCCCC)CC1. The first-order chi connectivity index (χ1) is 10.2. The van der Waals surface area contributed by atoms with Crippen LogP contribution in [0.5, 0.6) is 0 Å². The minimum Gasteiger partial charge on any atom is -0.389 e. The Morgan fingerprint density at radius 2 is 1.86 bits per heavy atom. The number of hydrogen-bond acceptors (Lipinski definition) is 1. The summed E-state index contributed by atoms with van der Waals surface area (Å²) in [4.78, 5) is 3.29. The normalized spacial score (nSPS) is 19.4. The average molecular weight is 291 g/mol. The summed E-state index contributed by atoms with van der Waals surface area (Å²) in [5.74, 6) is 0. The van der Waals surface area contributed by atoms with Crippen LogP contribution in [0.25, 0.3) is 0 Å². The zero-order valence-electron chi connectivity index (χ0n) is 14.0. The standard InChI is InChI=1S/C19H33NO/c1-3-5-7-11-18(13-14-18)19(21,12-8-6-4-2)16-17-10-9-15-20-17/h9-10,15,20-21H,3-8,11-14,16H2,1-2H3. The lowest BCUT2D eigenvalue weighted by molar-refractivity contribution is -0.0473. The zero-order chi connectivity index (χ0) is 15.2. The molecule has 0 radical (unpaired) electrons. The van der Waals surface area contributed by atoms with Crippen LogP contribution in [0.1, 0.15) is 83.7 Å². The van der Waals surface area contributed by atoms with Gasteiger partial charge in [0.05, 0.1) is 5.60 Å². The van der Waals surface area contributed by atoms with Crippen molar-refractivity contribution in [1.82, 2.24) is 4.98 Å². The Morgan fingerprint density at radius 1 is 1.14 bits per heavy atom. The van der Waals surface area contributed by atoms with Gasteiger partial charge >= 0.3 is 0 Å². The van der Waals surface area contributed by atoms with Crippen LogP contribution in [0.4, 0.5) is 0 Å². The van der Waals surface area contributed by atoms with E-state index in [9.17, 15) is 5.11 Å². The highest BCUT2D eigenvalue weighted by molar-refractivity contribution is 5.15. The van der Waals surface area contributed by atoms with Crippen LogP contribution in [0, 0.1) is 5.41 Å². The number of nitrogens with one attached hydrogen (secondary N) is 1. The third-order valence-corrected chi connectivity index (χ3v) is 5.44. The molecule has 0 aromatic carbocycles. The topological polar surface area (TPSA) is 36.0 Å². The van der Waals surface area contributed by atoms with Gasteiger partial charge in [0.15, 0.2) is 0 Å². The predicted molar refractivity (Wildman–Crippen MR) is 89.4 cm³/mol. The van der Waals surface area contributed by atoms with E-state index in [-0.39, 0.29) is 5.41 Å². The van der Waals surface area contributed by atoms with Crippen molar-refractivity contribution in [2.45, 2.75) is 90.1 Å². The van der Waals surface area contributed by atoms with Gasteiger partial charge in [-0.25, -0.2) is 0 Å². The second-order valence-corrected chi connectivity index (χ2v) is 7.10. The van der Waals surface area contributed by atoms with E-state index >= 15 is 0 Å². The van der Waals surface area contributed by atoms with Gasteiger partial charge < -0.3 is 10.1 Å². The fourth-order valence-corrected chi connectivity index (χ4v) is 3.81. The van der Waals surface area contributed by atoms with E-state index < -0.39 is 5.60 Å². The minimum atomic E-state index is -0.499. The Labute approximate surface area is 130 Å². The van der Waals surface area contributed by atoms with E-state index in [1.807, 2.05) is 12.3 Å². The molecule has 1 aliphatic carbocycles. The van der Waals surface area contributed by atoms with Crippen LogP contribution < -0.4 is 0 Å². The Bertz CT molecular complexity index is 394. The Kier molecular flexibility index (Phi) is 5.92. The zero-order valence-corrected chi connectivity index (χ0v) is 14.0. The maximum Gasteiger partial charge on any atom is 0.0758 e.